The Balaban J connectivity index is 0.00000225. The fourth-order valence-corrected chi connectivity index (χ4v) is 3.03. The van der Waals surface area contributed by atoms with E-state index < -0.39 is 0 Å². The molecule has 0 radical (unpaired) electrons. The molecule has 1 aromatic heterocycles. The summed E-state index contributed by atoms with van der Waals surface area (Å²) in [5, 5.41) is 7.77. The summed E-state index contributed by atoms with van der Waals surface area (Å²) in [6, 6.07) is 8.56. The van der Waals surface area contributed by atoms with Gasteiger partial charge in [0, 0.05) is 12.2 Å². The van der Waals surface area contributed by atoms with Crippen LogP contribution in [0.5, 0.6) is 0 Å². The van der Waals surface area contributed by atoms with E-state index in [-0.39, 0.29) is 29.8 Å². The molecule has 0 unspecified atom stereocenters. The second-order valence-electron chi connectivity index (χ2n) is 6.26. The Morgan fingerprint density at radius 1 is 1.16 bits per heavy atom. The third kappa shape index (κ3) is 5.98. The Bertz CT molecular complexity index is 675. The zero-order chi connectivity index (χ0) is 16.8. The predicted molar refractivity (Wildman–Crippen MR) is 109 cm³/mol. The lowest BCUT2D eigenvalue weighted by Gasteiger charge is -2.16. The number of benzene rings is 1. The predicted octanol–water partition coefficient (Wildman–Crippen LogP) is 3.76. The van der Waals surface area contributed by atoms with Crippen LogP contribution >= 0.6 is 24.0 Å². The molecule has 1 saturated carbocycles. The second-order valence-corrected chi connectivity index (χ2v) is 6.26. The maximum atomic E-state index is 13.0. The summed E-state index contributed by atoms with van der Waals surface area (Å²) in [5.41, 5.74) is 7.64. The van der Waals surface area contributed by atoms with E-state index in [1.54, 1.807) is 16.8 Å². The molecule has 1 heterocycles. The van der Waals surface area contributed by atoms with E-state index >= 15 is 0 Å². The molecule has 25 heavy (non-hydrogen) atoms. The van der Waals surface area contributed by atoms with Gasteiger partial charge in [-0.05, 0) is 43.2 Å². The SMILES string of the molecule is I.NC(=NCc1ccn(-c2ccc(F)cc2)n1)NC1CCCCCC1. The third-order valence-corrected chi connectivity index (χ3v) is 4.35. The van der Waals surface area contributed by atoms with E-state index in [9.17, 15) is 4.39 Å². The quantitative estimate of drug-likeness (QED) is 0.318. The van der Waals surface area contributed by atoms with Crippen molar-refractivity contribution in [1.82, 2.24) is 15.1 Å². The van der Waals surface area contributed by atoms with Crippen LogP contribution in [0.15, 0.2) is 41.5 Å². The number of nitrogens with one attached hydrogen (secondary N) is 1. The first-order chi connectivity index (χ1) is 11.7. The highest BCUT2D eigenvalue weighted by molar-refractivity contribution is 14.0. The highest BCUT2D eigenvalue weighted by atomic mass is 127. The summed E-state index contributed by atoms with van der Waals surface area (Å²) in [6.07, 6.45) is 9.31. The van der Waals surface area contributed by atoms with Crippen LogP contribution in [0, 0.1) is 5.82 Å². The lowest BCUT2D eigenvalue weighted by Crippen LogP contribution is -2.39. The minimum absolute atomic E-state index is 0. The molecule has 1 aliphatic carbocycles. The van der Waals surface area contributed by atoms with Crippen LogP contribution in [-0.4, -0.2) is 21.8 Å². The first-order valence-corrected chi connectivity index (χ1v) is 8.58. The molecule has 3 rings (SSSR count). The molecule has 1 aromatic carbocycles. The summed E-state index contributed by atoms with van der Waals surface area (Å²) in [6.45, 7) is 0.430. The number of aromatic nitrogens is 2. The summed E-state index contributed by atoms with van der Waals surface area (Å²) >= 11 is 0. The standard InChI is InChI=1S/C18H24FN5.HI/c19-14-7-9-17(10-8-14)24-12-11-16(23-24)13-21-18(20)22-15-5-3-1-2-4-6-15;/h7-12,15H,1-6,13H2,(H3,20,21,22);1H. The first-order valence-electron chi connectivity index (χ1n) is 8.58. The van der Waals surface area contributed by atoms with Crippen molar-refractivity contribution in [3.05, 3.63) is 48.0 Å². The fraction of sp³-hybridized carbons (Fsp3) is 0.444. The van der Waals surface area contributed by atoms with Gasteiger partial charge in [-0.3, -0.25) is 0 Å². The van der Waals surface area contributed by atoms with E-state index in [4.69, 9.17) is 5.73 Å². The van der Waals surface area contributed by atoms with E-state index in [1.165, 1.54) is 37.8 Å². The number of nitrogens with two attached hydrogens (primary N) is 1. The number of hydrogen-bond donors (Lipinski definition) is 2. The van der Waals surface area contributed by atoms with Crippen molar-refractivity contribution in [2.75, 3.05) is 0 Å². The van der Waals surface area contributed by atoms with Crippen molar-refractivity contribution in [2.24, 2.45) is 10.7 Å². The number of aliphatic imine (C=N–C) groups is 1. The summed E-state index contributed by atoms with van der Waals surface area (Å²) in [7, 11) is 0. The van der Waals surface area contributed by atoms with Crippen LogP contribution in [0.2, 0.25) is 0 Å². The Morgan fingerprint density at radius 3 is 2.52 bits per heavy atom. The molecule has 0 spiro atoms. The average molecular weight is 457 g/mol. The lowest BCUT2D eigenvalue weighted by atomic mass is 10.1. The molecule has 2 aromatic rings. The summed E-state index contributed by atoms with van der Waals surface area (Å²) in [4.78, 5) is 4.39. The normalized spacial score (nSPS) is 16.1. The van der Waals surface area contributed by atoms with Gasteiger partial charge in [-0.1, -0.05) is 25.7 Å². The van der Waals surface area contributed by atoms with Crippen LogP contribution in [0.1, 0.15) is 44.2 Å². The van der Waals surface area contributed by atoms with Gasteiger partial charge >= 0.3 is 0 Å². The van der Waals surface area contributed by atoms with Gasteiger partial charge < -0.3 is 11.1 Å². The van der Waals surface area contributed by atoms with Crippen molar-refractivity contribution in [2.45, 2.75) is 51.1 Å². The number of halogens is 2. The van der Waals surface area contributed by atoms with Crippen LogP contribution in [0.25, 0.3) is 5.69 Å². The molecule has 0 amide bonds. The topological polar surface area (TPSA) is 68.2 Å². The molecule has 0 atom stereocenters. The molecule has 0 aliphatic heterocycles. The van der Waals surface area contributed by atoms with Gasteiger partial charge in [-0.15, -0.1) is 24.0 Å². The van der Waals surface area contributed by atoms with Crippen molar-refractivity contribution < 1.29 is 4.39 Å². The van der Waals surface area contributed by atoms with Gasteiger partial charge in [0.1, 0.15) is 5.82 Å². The molecule has 136 valence electrons. The minimum Gasteiger partial charge on any atom is -0.370 e. The summed E-state index contributed by atoms with van der Waals surface area (Å²) in [5.74, 6) is 0.228. The smallest absolute Gasteiger partial charge is 0.189 e. The van der Waals surface area contributed by atoms with Crippen molar-refractivity contribution in [3.63, 3.8) is 0 Å². The number of nitrogens with zero attached hydrogens (tertiary/aromatic N) is 3. The van der Waals surface area contributed by atoms with E-state index in [2.05, 4.69) is 15.4 Å². The van der Waals surface area contributed by atoms with E-state index in [0.717, 1.165) is 24.2 Å². The van der Waals surface area contributed by atoms with Crippen molar-refractivity contribution in [3.8, 4) is 5.69 Å². The van der Waals surface area contributed by atoms with E-state index in [0.29, 0.717) is 18.5 Å². The maximum Gasteiger partial charge on any atom is 0.189 e. The van der Waals surface area contributed by atoms with Gasteiger partial charge in [0.25, 0.3) is 0 Å². The molecule has 0 bridgehead atoms. The van der Waals surface area contributed by atoms with Gasteiger partial charge in [0.05, 0.1) is 17.9 Å². The van der Waals surface area contributed by atoms with Crippen LogP contribution in [0.3, 0.4) is 0 Å². The minimum atomic E-state index is -0.256. The molecule has 1 aliphatic rings. The molecule has 7 heteroatoms. The van der Waals surface area contributed by atoms with Crippen molar-refractivity contribution in [1.29, 1.82) is 0 Å². The molecule has 3 N–H and O–H groups in total. The van der Waals surface area contributed by atoms with Gasteiger partial charge in [-0.2, -0.15) is 5.10 Å². The Morgan fingerprint density at radius 2 is 1.84 bits per heavy atom. The molecule has 1 fully saturated rings. The average Bonchev–Trinajstić information content (AvgIpc) is 2.91. The Hall–Kier alpha value is -1.64. The maximum absolute atomic E-state index is 13.0. The fourth-order valence-electron chi connectivity index (χ4n) is 3.03. The Kier molecular flexibility index (Phi) is 7.67. The van der Waals surface area contributed by atoms with E-state index in [1.807, 2.05) is 12.3 Å². The second kappa shape index (κ2) is 9.74. The number of hydrogen-bond acceptors (Lipinski definition) is 2. The Labute approximate surface area is 164 Å². The van der Waals surface area contributed by atoms with Gasteiger partial charge in [0.15, 0.2) is 5.96 Å². The van der Waals surface area contributed by atoms with Gasteiger partial charge in [0.2, 0.25) is 0 Å². The number of rotatable bonds is 4. The van der Waals surface area contributed by atoms with Crippen LogP contribution in [0.4, 0.5) is 4.39 Å². The third-order valence-electron chi connectivity index (χ3n) is 4.35. The summed E-state index contributed by atoms with van der Waals surface area (Å²) < 4.78 is 14.7. The van der Waals surface area contributed by atoms with Crippen LogP contribution in [-0.2, 0) is 6.54 Å². The monoisotopic (exact) mass is 457 g/mol. The highest BCUT2D eigenvalue weighted by Gasteiger charge is 2.12. The molecule has 5 nitrogen and oxygen atoms in total. The molecular formula is C18H25FIN5. The lowest BCUT2D eigenvalue weighted by molar-refractivity contribution is 0.530. The van der Waals surface area contributed by atoms with Gasteiger partial charge in [-0.25, -0.2) is 14.1 Å². The zero-order valence-corrected chi connectivity index (χ0v) is 16.5. The molecule has 0 saturated heterocycles. The number of guanidine groups is 1. The highest BCUT2D eigenvalue weighted by Crippen LogP contribution is 2.17. The zero-order valence-electron chi connectivity index (χ0n) is 14.2. The van der Waals surface area contributed by atoms with Crippen LogP contribution < -0.4 is 11.1 Å². The molecular weight excluding hydrogens is 432 g/mol. The van der Waals surface area contributed by atoms with Crippen molar-refractivity contribution >= 4 is 29.9 Å². The first kappa shape index (κ1) is 19.7. The largest absolute Gasteiger partial charge is 0.370 e.